The minimum atomic E-state index is -1.78. The van der Waals surface area contributed by atoms with Crippen molar-refractivity contribution in [2.24, 2.45) is 50.1 Å². The number of nitrogens with one attached hydrogen (secondary N) is 6. The Morgan fingerprint density at radius 3 is 1.19 bits per heavy atom. The summed E-state index contributed by atoms with van der Waals surface area (Å²) in [7, 11) is 0. The average molecular weight is 830 g/mol. The van der Waals surface area contributed by atoms with Crippen molar-refractivity contribution >= 4 is 59.3 Å². The van der Waals surface area contributed by atoms with Crippen molar-refractivity contribution in [1.82, 2.24) is 31.9 Å². The second-order valence-corrected chi connectivity index (χ2v) is 13.2. The molecule has 6 atom stereocenters. The van der Waals surface area contributed by atoms with Crippen LogP contribution in [0.25, 0.3) is 0 Å². The fourth-order valence-electron chi connectivity index (χ4n) is 5.17. The van der Waals surface area contributed by atoms with Gasteiger partial charge in [-0.1, -0.05) is 0 Å². The topological polar surface area (TPSA) is 456 Å². The third-order valence-corrected chi connectivity index (χ3v) is 8.26. The number of unbranched alkanes of at least 4 members (excludes halogenated alkanes) is 2. The van der Waals surface area contributed by atoms with E-state index in [0.29, 0.717) is 25.7 Å². The molecule has 0 bridgehead atoms. The lowest BCUT2D eigenvalue weighted by Gasteiger charge is -2.27. The Balaban J connectivity index is 6.40. The van der Waals surface area contributed by atoms with Crippen LogP contribution >= 0.6 is 0 Å². The van der Waals surface area contributed by atoms with Gasteiger partial charge in [-0.15, -0.1) is 0 Å². The molecule has 0 saturated heterocycles. The zero-order valence-corrected chi connectivity index (χ0v) is 32.9. The number of carbonyl (C=O) groups excluding carboxylic acids is 6. The minimum absolute atomic E-state index is 0.0253. The second kappa shape index (κ2) is 29.4. The van der Waals surface area contributed by atoms with Crippen LogP contribution in [0.4, 0.5) is 0 Å². The zero-order valence-electron chi connectivity index (χ0n) is 32.9. The third-order valence-electron chi connectivity index (χ3n) is 8.26. The number of rotatable bonds is 31. The Hall–Kier alpha value is -5.82. The molecule has 0 rings (SSSR count). The highest BCUT2D eigenvalue weighted by molar-refractivity contribution is 5.97. The number of hydrogen-bond donors (Lipinski definition) is 15. The molecule has 0 fully saturated rings. The SMILES string of the molecule is C[C@H](NC(=O)[C@H](CCCN=C(N)N)NC(=O)[C@H](CC(=O)O)NC(=O)[C@H](CCCCN)NC(=O)[C@H](CCCCN)NC(=O)[C@H](CCCN=C(N)N)NC(=O)CN)C(=O)O. The summed E-state index contributed by atoms with van der Waals surface area (Å²) in [5.41, 5.74) is 38.1. The predicted octanol–water partition coefficient (Wildman–Crippen LogP) is -6.20. The summed E-state index contributed by atoms with van der Waals surface area (Å²) in [4.78, 5) is 110. The van der Waals surface area contributed by atoms with Gasteiger partial charge in [-0.05, 0) is 84.2 Å². The Bertz CT molecular complexity index is 1420. The fraction of sp³-hybridized carbons (Fsp3) is 0.697. The summed E-state index contributed by atoms with van der Waals surface area (Å²) in [5, 5.41) is 33.5. The molecule has 0 unspecified atom stereocenters. The maximum atomic E-state index is 13.8. The summed E-state index contributed by atoms with van der Waals surface area (Å²) in [6.45, 7) is 1.45. The zero-order chi connectivity index (χ0) is 44.2. The third kappa shape index (κ3) is 23.3. The fourth-order valence-corrected chi connectivity index (χ4v) is 5.17. The van der Waals surface area contributed by atoms with Crippen LogP contribution in [0.2, 0.25) is 0 Å². The number of carboxylic acid groups (broad SMARTS) is 2. The Morgan fingerprint density at radius 2 is 0.845 bits per heavy atom. The van der Waals surface area contributed by atoms with E-state index >= 15 is 0 Å². The number of nitrogens with two attached hydrogens (primary N) is 7. The average Bonchev–Trinajstić information content (AvgIpc) is 3.15. The highest BCUT2D eigenvalue weighted by Gasteiger charge is 2.33. The van der Waals surface area contributed by atoms with Crippen LogP contribution in [0.1, 0.15) is 77.6 Å². The molecule has 25 nitrogen and oxygen atoms in total. The molecule has 0 aliphatic carbocycles. The smallest absolute Gasteiger partial charge is 0.325 e. The van der Waals surface area contributed by atoms with Crippen LogP contribution in [0.3, 0.4) is 0 Å². The molecule has 0 aliphatic heterocycles. The number of aliphatic carboxylic acids is 2. The Labute approximate surface area is 336 Å². The van der Waals surface area contributed by atoms with Gasteiger partial charge in [0.25, 0.3) is 0 Å². The minimum Gasteiger partial charge on any atom is -0.481 e. The first-order chi connectivity index (χ1) is 27.4. The number of aliphatic imine (C=N–C) groups is 2. The highest BCUT2D eigenvalue weighted by Crippen LogP contribution is 2.09. The molecule has 0 aliphatic rings. The van der Waals surface area contributed by atoms with Gasteiger partial charge in [-0.25, -0.2) is 0 Å². The van der Waals surface area contributed by atoms with Gasteiger partial charge >= 0.3 is 11.9 Å². The standard InChI is InChI=1S/C33H63N15O10/c1-18(31(57)58)43-26(52)22(11-7-15-42-33(39)40)47-30(56)23(16-25(50)51)48-29(55)21(9-3-5-13-35)46-28(54)20(8-2-4-12-34)45-27(53)19(44-24(49)17-36)10-6-14-41-32(37)38/h18-23H,2-17,34-36H2,1H3,(H,43,52)(H,44,49)(H,45,53)(H,46,54)(H,47,56)(H,48,55)(H,50,51)(H,57,58)(H4,37,38,41)(H4,39,40,42)/t18-,19-,20-,21-,22-,23-/m0/s1. The number of amides is 6. The van der Waals surface area contributed by atoms with Gasteiger partial charge in [0.15, 0.2) is 11.9 Å². The number of carbonyl (C=O) groups is 8. The number of carboxylic acids is 2. The van der Waals surface area contributed by atoms with E-state index in [2.05, 4.69) is 41.9 Å². The molecule has 6 amide bonds. The van der Waals surface area contributed by atoms with Gasteiger partial charge in [0, 0.05) is 13.1 Å². The lowest BCUT2D eigenvalue weighted by molar-refractivity contribution is -0.143. The number of nitrogens with zero attached hydrogens (tertiary/aromatic N) is 2. The molecule has 0 spiro atoms. The maximum absolute atomic E-state index is 13.8. The van der Waals surface area contributed by atoms with E-state index in [1.807, 2.05) is 0 Å². The lowest BCUT2D eigenvalue weighted by atomic mass is 10.0. The van der Waals surface area contributed by atoms with Gasteiger partial charge in [0.1, 0.15) is 36.3 Å². The second-order valence-electron chi connectivity index (χ2n) is 13.2. The molecule has 25 heteroatoms. The van der Waals surface area contributed by atoms with Gasteiger partial charge < -0.3 is 82.2 Å². The first-order valence-electron chi connectivity index (χ1n) is 18.8. The van der Waals surface area contributed by atoms with Gasteiger partial charge in [-0.2, -0.15) is 0 Å². The Morgan fingerprint density at radius 1 is 0.500 bits per heavy atom. The van der Waals surface area contributed by atoms with E-state index in [1.165, 1.54) is 6.92 Å². The molecular weight excluding hydrogens is 766 g/mol. The summed E-state index contributed by atoms with van der Waals surface area (Å²) in [6, 6.07) is -8.30. The van der Waals surface area contributed by atoms with Crippen LogP contribution in [0.15, 0.2) is 9.98 Å². The van der Waals surface area contributed by atoms with Crippen LogP contribution in [0, 0.1) is 0 Å². The maximum Gasteiger partial charge on any atom is 0.325 e. The van der Waals surface area contributed by atoms with Crippen molar-refractivity contribution in [3.05, 3.63) is 0 Å². The van der Waals surface area contributed by atoms with E-state index in [0.717, 1.165) is 0 Å². The van der Waals surface area contributed by atoms with Crippen LogP contribution in [-0.4, -0.2) is 138 Å². The van der Waals surface area contributed by atoms with Crippen molar-refractivity contribution in [2.75, 3.05) is 32.7 Å². The Kier molecular flexibility index (Phi) is 26.5. The molecule has 0 aromatic carbocycles. The summed E-state index contributed by atoms with van der Waals surface area (Å²) >= 11 is 0. The number of guanidine groups is 2. The first-order valence-corrected chi connectivity index (χ1v) is 18.8. The summed E-state index contributed by atoms with van der Waals surface area (Å²) in [6.07, 6.45) is 1.00. The normalized spacial score (nSPS) is 13.8. The first kappa shape index (κ1) is 52.2. The molecule has 0 saturated carbocycles. The van der Waals surface area contributed by atoms with E-state index < -0.39 is 96.6 Å². The van der Waals surface area contributed by atoms with Crippen molar-refractivity contribution < 1.29 is 48.6 Å². The van der Waals surface area contributed by atoms with Gasteiger partial charge in [0.05, 0.1) is 13.0 Å². The van der Waals surface area contributed by atoms with Crippen LogP contribution < -0.4 is 72.0 Å². The molecule has 58 heavy (non-hydrogen) atoms. The van der Waals surface area contributed by atoms with E-state index in [4.69, 9.17) is 40.1 Å². The van der Waals surface area contributed by atoms with Crippen molar-refractivity contribution in [3.8, 4) is 0 Å². The lowest BCUT2D eigenvalue weighted by Crippen LogP contribution is -2.59. The molecule has 330 valence electrons. The molecule has 0 aromatic heterocycles. The van der Waals surface area contributed by atoms with E-state index in [1.54, 1.807) is 0 Å². The molecular formula is C33H63N15O10. The van der Waals surface area contributed by atoms with Crippen molar-refractivity contribution in [3.63, 3.8) is 0 Å². The molecule has 0 radical (unpaired) electrons. The van der Waals surface area contributed by atoms with Crippen LogP contribution in [-0.2, 0) is 38.4 Å². The van der Waals surface area contributed by atoms with Crippen molar-refractivity contribution in [1.29, 1.82) is 0 Å². The quantitative estimate of drug-likeness (QED) is 0.0176. The van der Waals surface area contributed by atoms with E-state index in [-0.39, 0.29) is 76.6 Å². The highest BCUT2D eigenvalue weighted by atomic mass is 16.4. The largest absolute Gasteiger partial charge is 0.481 e. The van der Waals surface area contributed by atoms with Gasteiger partial charge in [0.2, 0.25) is 35.4 Å². The number of hydrogen-bond acceptors (Lipinski definition) is 13. The molecule has 0 aromatic rings. The molecule has 22 N–H and O–H groups in total. The van der Waals surface area contributed by atoms with Gasteiger partial charge in [-0.3, -0.25) is 48.3 Å². The molecule has 0 heterocycles. The summed E-state index contributed by atoms with van der Waals surface area (Å²) < 4.78 is 0. The monoisotopic (exact) mass is 829 g/mol. The van der Waals surface area contributed by atoms with Crippen LogP contribution in [0.5, 0.6) is 0 Å². The summed E-state index contributed by atoms with van der Waals surface area (Å²) in [5.74, 6) is -8.46. The predicted molar refractivity (Wildman–Crippen MR) is 212 cm³/mol. The van der Waals surface area contributed by atoms with Crippen molar-refractivity contribution in [2.45, 2.75) is 114 Å². The van der Waals surface area contributed by atoms with E-state index in [9.17, 15) is 48.6 Å².